The molecule has 0 amide bonds. The molecule has 0 unspecified atom stereocenters. The van der Waals surface area contributed by atoms with Gasteiger partial charge >= 0.3 is 0 Å². The molecule has 1 aromatic carbocycles. The number of rotatable bonds is 2. The van der Waals surface area contributed by atoms with E-state index in [4.69, 9.17) is 5.26 Å². The van der Waals surface area contributed by atoms with Gasteiger partial charge in [-0.3, -0.25) is 0 Å². The normalized spacial score (nSPS) is 10.5. The Labute approximate surface area is 113 Å². The van der Waals surface area contributed by atoms with Gasteiger partial charge in [0.15, 0.2) is 5.16 Å². The van der Waals surface area contributed by atoms with Crippen LogP contribution < -0.4 is 0 Å². The number of hydrogen-bond donors (Lipinski definition) is 1. The Kier molecular flexibility index (Phi) is 2.89. The van der Waals surface area contributed by atoms with Gasteiger partial charge in [0.25, 0.3) is 0 Å². The number of aryl methyl sites for hydroxylation is 1. The van der Waals surface area contributed by atoms with Crippen molar-refractivity contribution in [3.8, 4) is 6.07 Å². The van der Waals surface area contributed by atoms with Crippen LogP contribution in [-0.4, -0.2) is 20.2 Å². The van der Waals surface area contributed by atoms with Crippen molar-refractivity contribution in [3.63, 3.8) is 0 Å². The van der Waals surface area contributed by atoms with Crippen LogP contribution in [0.2, 0.25) is 0 Å². The van der Waals surface area contributed by atoms with E-state index in [1.54, 1.807) is 6.07 Å². The van der Waals surface area contributed by atoms with Crippen molar-refractivity contribution in [3.05, 3.63) is 41.6 Å². The number of aromatic amines is 1. The molecule has 19 heavy (non-hydrogen) atoms. The summed E-state index contributed by atoms with van der Waals surface area (Å²) in [5.41, 5.74) is 3.54. The maximum absolute atomic E-state index is 9.01. The van der Waals surface area contributed by atoms with Gasteiger partial charge in [-0.2, -0.15) is 10.4 Å². The minimum Gasteiger partial charge on any atom is -0.333 e. The molecule has 92 valence electrons. The third-order valence-corrected chi connectivity index (χ3v) is 3.50. The number of nitriles is 1. The first-order chi connectivity index (χ1) is 9.26. The van der Waals surface area contributed by atoms with Crippen molar-refractivity contribution in [1.29, 1.82) is 5.26 Å². The minimum absolute atomic E-state index is 0.497. The molecule has 2 heterocycles. The zero-order chi connectivity index (χ0) is 13.2. The molecule has 2 aromatic heterocycles. The summed E-state index contributed by atoms with van der Waals surface area (Å²) in [5, 5.41) is 18.0. The smallest absolute Gasteiger partial charge is 0.172 e. The summed E-state index contributed by atoms with van der Waals surface area (Å²) in [6, 6.07) is 9.75. The first-order valence-corrected chi connectivity index (χ1v) is 6.44. The Morgan fingerprint density at radius 1 is 1.32 bits per heavy atom. The third-order valence-electron chi connectivity index (χ3n) is 2.62. The van der Waals surface area contributed by atoms with Gasteiger partial charge in [-0.25, -0.2) is 4.98 Å². The second-order valence-electron chi connectivity index (χ2n) is 4.03. The van der Waals surface area contributed by atoms with Crippen LogP contribution in [-0.2, 0) is 0 Å². The highest BCUT2D eigenvalue weighted by Crippen LogP contribution is 2.27. The number of fused-ring (bicyclic) bond motifs is 1. The third kappa shape index (κ3) is 2.28. The van der Waals surface area contributed by atoms with Crippen molar-refractivity contribution in [2.45, 2.75) is 17.1 Å². The summed E-state index contributed by atoms with van der Waals surface area (Å²) in [7, 11) is 0. The topological polar surface area (TPSA) is 78.2 Å². The summed E-state index contributed by atoms with van der Waals surface area (Å²) in [6.45, 7) is 2.03. The van der Waals surface area contributed by atoms with Crippen LogP contribution >= 0.6 is 11.8 Å². The molecule has 5 nitrogen and oxygen atoms in total. The van der Waals surface area contributed by atoms with E-state index < -0.39 is 0 Å². The van der Waals surface area contributed by atoms with Gasteiger partial charge in [0, 0.05) is 0 Å². The Bertz CT molecular complexity index is 787. The van der Waals surface area contributed by atoms with Crippen molar-refractivity contribution in [2.24, 2.45) is 0 Å². The maximum atomic E-state index is 9.01. The second-order valence-corrected chi connectivity index (χ2v) is 5.00. The molecule has 3 aromatic rings. The molecule has 0 aliphatic rings. The van der Waals surface area contributed by atoms with E-state index in [1.165, 1.54) is 23.5 Å². The zero-order valence-corrected chi connectivity index (χ0v) is 10.9. The predicted molar refractivity (Wildman–Crippen MR) is 71.7 cm³/mol. The molecule has 0 atom stereocenters. The molecule has 1 N–H and O–H groups in total. The van der Waals surface area contributed by atoms with Crippen molar-refractivity contribution < 1.29 is 0 Å². The summed E-state index contributed by atoms with van der Waals surface area (Å²) in [6.07, 6.45) is 1.50. The minimum atomic E-state index is 0.497. The highest BCUT2D eigenvalue weighted by Gasteiger charge is 2.09. The SMILES string of the molecule is Cc1ccc2nc(Sc3nnccc3C#N)[nH]c2c1. The van der Waals surface area contributed by atoms with Crippen LogP contribution in [0.15, 0.2) is 40.6 Å². The molecule has 0 saturated carbocycles. The number of nitrogens with one attached hydrogen (secondary N) is 1. The monoisotopic (exact) mass is 267 g/mol. The van der Waals surface area contributed by atoms with Gasteiger partial charge in [0.05, 0.1) is 22.8 Å². The van der Waals surface area contributed by atoms with Gasteiger partial charge in [-0.15, -0.1) is 5.10 Å². The van der Waals surface area contributed by atoms with E-state index in [0.717, 1.165) is 11.0 Å². The molecule has 0 aliphatic carbocycles. The standard InChI is InChI=1S/C13H9N5S/c1-8-2-3-10-11(6-8)17-13(16-10)19-12-9(7-14)4-5-15-18-12/h2-6H,1H3,(H,16,17). The lowest BCUT2D eigenvalue weighted by Crippen LogP contribution is -1.89. The lowest BCUT2D eigenvalue weighted by molar-refractivity contribution is 0.914. The van der Waals surface area contributed by atoms with Gasteiger partial charge in [-0.1, -0.05) is 6.07 Å². The molecule has 0 aliphatic heterocycles. The molecular formula is C13H9N5S. The van der Waals surface area contributed by atoms with Crippen LogP contribution in [0.4, 0.5) is 0 Å². The second kappa shape index (κ2) is 4.71. The molecule has 3 rings (SSSR count). The molecule has 0 fully saturated rings. The zero-order valence-electron chi connectivity index (χ0n) is 10.1. The van der Waals surface area contributed by atoms with E-state index in [-0.39, 0.29) is 0 Å². The van der Waals surface area contributed by atoms with Crippen molar-refractivity contribution in [2.75, 3.05) is 0 Å². The number of H-pyrrole nitrogens is 1. The lowest BCUT2D eigenvalue weighted by atomic mass is 10.2. The number of imidazole rings is 1. The molecule has 0 spiro atoms. The van der Waals surface area contributed by atoms with E-state index in [2.05, 4.69) is 26.2 Å². The predicted octanol–water partition coefficient (Wildman–Crippen LogP) is 2.68. The van der Waals surface area contributed by atoms with Crippen molar-refractivity contribution >= 4 is 22.8 Å². The van der Waals surface area contributed by atoms with Gasteiger partial charge in [0.1, 0.15) is 11.1 Å². The average molecular weight is 267 g/mol. The summed E-state index contributed by atoms with van der Waals surface area (Å²) >= 11 is 1.31. The molecular weight excluding hydrogens is 258 g/mol. The quantitative estimate of drug-likeness (QED) is 0.772. The van der Waals surface area contributed by atoms with E-state index >= 15 is 0 Å². The average Bonchev–Trinajstić information content (AvgIpc) is 2.80. The van der Waals surface area contributed by atoms with Gasteiger partial charge < -0.3 is 4.98 Å². The fraction of sp³-hybridized carbons (Fsp3) is 0.0769. The molecule has 0 radical (unpaired) electrons. The van der Waals surface area contributed by atoms with Crippen molar-refractivity contribution in [1.82, 2.24) is 20.2 Å². The Balaban J connectivity index is 1.99. The summed E-state index contributed by atoms with van der Waals surface area (Å²) in [4.78, 5) is 7.67. The van der Waals surface area contributed by atoms with Crippen LogP contribution in [0.5, 0.6) is 0 Å². The van der Waals surface area contributed by atoms with E-state index in [0.29, 0.717) is 15.7 Å². The Morgan fingerprint density at radius 3 is 3.05 bits per heavy atom. The molecule has 0 saturated heterocycles. The molecule has 6 heteroatoms. The Hall–Kier alpha value is -2.39. The first-order valence-electron chi connectivity index (χ1n) is 5.62. The Morgan fingerprint density at radius 2 is 2.21 bits per heavy atom. The van der Waals surface area contributed by atoms with Crippen LogP contribution in [0.1, 0.15) is 11.1 Å². The van der Waals surface area contributed by atoms with Crippen LogP contribution in [0.3, 0.4) is 0 Å². The van der Waals surface area contributed by atoms with E-state index in [9.17, 15) is 0 Å². The number of hydrogen-bond acceptors (Lipinski definition) is 5. The molecule has 0 bridgehead atoms. The largest absolute Gasteiger partial charge is 0.333 e. The van der Waals surface area contributed by atoms with Crippen LogP contribution in [0, 0.1) is 18.3 Å². The fourth-order valence-electron chi connectivity index (χ4n) is 1.72. The number of nitrogens with zero attached hydrogens (tertiary/aromatic N) is 4. The number of benzene rings is 1. The van der Waals surface area contributed by atoms with E-state index in [1.807, 2.05) is 25.1 Å². The number of aromatic nitrogens is 4. The highest BCUT2D eigenvalue weighted by atomic mass is 32.2. The van der Waals surface area contributed by atoms with Gasteiger partial charge in [-0.05, 0) is 42.4 Å². The van der Waals surface area contributed by atoms with Gasteiger partial charge in [0.2, 0.25) is 0 Å². The first kappa shape index (κ1) is 11.7. The van der Waals surface area contributed by atoms with Crippen LogP contribution in [0.25, 0.3) is 11.0 Å². The lowest BCUT2D eigenvalue weighted by Gasteiger charge is -1.96. The maximum Gasteiger partial charge on any atom is 0.172 e. The highest BCUT2D eigenvalue weighted by molar-refractivity contribution is 7.99. The summed E-state index contributed by atoms with van der Waals surface area (Å²) in [5.74, 6) is 0. The summed E-state index contributed by atoms with van der Waals surface area (Å²) < 4.78 is 0. The fourth-order valence-corrected chi connectivity index (χ4v) is 2.52.